The normalized spacial score (nSPS) is 10.3. The van der Waals surface area contributed by atoms with Gasteiger partial charge in [0.15, 0.2) is 0 Å². The summed E-state index contributed by atoms with van der Waals surface area (Å²) in [6, 6.07) is 7.75. The van der Waals surface area contributed by atoms with E-state index in [1.54, 1.807) is 11.8 Å². The number of amides is 1. The van der Waals surface area contributed by atoms with Gasteiger partial charge in [-0.2, -0.15) is 0 Å². The van der Waals surface area contributed by atoms with Gasteiger partial charge in [-0.05, 0) is 45.0 Å². The molecule has 1 rings (SSSR count). The van der Waals surface area contributed by atoms with E-state index < -0.39 is 0 Å². The molecule has 88 valence electrons. The quantitative estimate of drug-likeness (QED) is 0.782. The van der Waals surface area contributed by atoms with Gasteiger partial charge in [0.1, 0.15) is 5.75 Å². The molecule has 0 aliphatic heterocycles. The van der Waals surface area contributed by atoms with Crippen LogP contribution in [0.5, 0.6) is 5.75 Å². The Balaban J connectivity index is 2.90. The summed E-state index contributed by atoms with van der Waals surface area (Å²) >= 11 is 0. The molecule has 0 saturated heterocycles. The lowest BCUT2D eigenvalue weighted by molar-refractivity contribution is -0.116. The van der Waals surface area contributed by atoms with E-state index in [1.807, 2.05) is 45.0 Å². The molecule has 0 saturated carbocycles. The molecule has 1 amide bonds. The van der Waals surface area contributed by atoms with Crippen LogP contribution in [-0.2, 0) is 4.79 Å². The summed E-state index contributed by atoms with van der Waals surface area (Å²) in [6.07, 6.45) is 0. The minimum atomic E-state index is 0.0548. The van der Waals surface area contributed by atoms with Crippen molar-refractivity contribution in [3.63, 3.8) is 0 Å². The predicted molar refractivity (Wildman–Crippen MR) is 65.9 cm³/mol. The van der Waals surface area contributed by atoms with Crippen molar-refractivity contribution >= 4 is 11.6 Å². The molecule has 0 aliphatic rings. The monoisotopic (exact) mass is 221 g/mol. The number of carbonyl (C=O) groups is 1. The molecule has 0 radical (unpaired) electrons. The van der Waals surface area contributed by atoms with Crippen molar-refractivity contribution in [1.82, 2.24) is 0 Å². The first-order valence-corrected chi connectivity index (χ1v) is 5.59. The third-order valence-electron chi connectivity index (χ3n) is 2.28. The Kier molecular flexibility index (Phi) is 4.35. The zero-order valence-electron chi connectivity index (χ0n) is 10.4. The van der Waals surface area contributed by atoms with Crippen LogP contribution in [-0.4, -0.2) is 18.6 Å². The molecular weight excluding hydrogens is 202 g/mol. The minimum Gasteiger partial charge on any atom is -0.494 e. The average molecular weight is 221 g/mol. The van der Waals surface area contributed by atoms with Gasteiger partial charge in [0, 0.05) is 18.7 Å². The fourth-order valence-corrected chi connectivity index (χ4v) is 1.71. The highest BCUT2D eigenvalue weighted by Gasteiger charge is 2.14. The molecule has 3 heteroatoms. The summed E-state index contributed by atoms with van der Waals surface area (Å²) < 4.78 is 5.36. The molecule has 3 nitrogen and oxygen atoms in total. The van der Waals surface area contributed by atoms with Gasteiger partial charge in [0.25, 0.3) is 0 Å². The van der Waals surface area contributed by atoms with E-state index in [4.69, 9.17) is 4.74 Å². The van der Waals surface area contributed by atoms with Crippen molar-refractivity contribution in [2.75, 3.05) is 11.5 Å². The lowest BCUT2D eigenvalue weighted by atomic mass is 10.2. The Morgan fingerprint density at radius 1 is 1.31 bits per heavy atom. The predicted octanol–water partition coefficient (Wildman–Crippen LogP) is 2.85. The van der Waals surface area contributed by atoms with E-state index in [0.717, 1.165) is 11.4 Å². The Labute approximate surface area is 97.0 Å². The zero-order valence-corrected chi connectivity index (χ0v) is 10.4. The molecule has 16 heavy (non-hydrogen) atoms. The Bertz CT molecular complexity index is 343. The smallest absolute Gasteiger partial charge is 0.224 e. The summed E-state index contributed by atoms with van der Waals surface area (Å²) in [5.41, 5.74) is 0.908. The maximum atomic E-state index is 11.5. The number of rotatable bonds is 4. The van der Waals surface area contributed by atoms with Crippen LogP contribution in [0.25, 0.3) is 0 Å². The van der Waals surface area contributed by atoms with Crippen molar-refractivity contribution < 1.29 is 9.53 Å². The van der Waals surface area contributed by atoms with Crippen molar-refractivity contribution in [2.45, 2.75) is 33.7 Å². The highest BCUT2D eigenvalue weighted by molar-refractivity contribution is 5.92. The minimum absolute atomic E-state index is 0.0548. The van der Waals surface area contributed by atoms with Gasteiger partial charge < -0.3 is 9.64 Å². The number of hydrogen-bond acceptors (Lipinski definition) is 2. The topological polar surface area (TPSA) is 29.5 Å². The van der Waals surface area contributed by atoms with Gasteiger partial charge in [-0.25, -0.2) is 0 Å². The summed E-state index contributed by atoms with van der Waals surface area (Å²) in [5.74, 6) is 0.887. The standard InChI is InChI=1S/C13H19NO2/c1-5-16-13-8-6-12(7-9-13)14(10(2)3)11(4)15/h6-10H,5H2,1-4H3. The van der Waals surface area contributed by atoms with E-state index in [0.29, 0.717) is 6.61 Å². The SMILES string of the molecule is CCOc1ccc(N(C(C)=O)C(C)C)cc1. The molecule has 0 fully saturated rings. The van der Waals surface area contributed by atoms with Crippen LogP contribution in [0.3, 0.4) is 0 Å². The summed E-state index contributed by atoms with van der Waals surface area (Å²) in [4.78, 5) is 13.3. The highest BCUT2D eigenvalue weighted by atomic mass is 16.5. The Hall–Kier alpha value is -1.51. The lowest BCUT2D eigenvalue weighted by Gasteiger charge is -2.25. The molecule has 0 bridgehead atoms. The van der Waals surface area contributed by atoms with Crippen LogP contribution >= 0.6 is 0 Å². The van der Waals surface area contributed by atoms with Gasteiger partial charge in [-0.1, -0.05) is 0 Å². The highest BCUT2D eigenvalue weighted by Crippen LogP contribution is 2.21. The van der Waals surface area contributed by atoms with Gasteiger partial charge in [0.2, 0.25) is 5.91 Å². The van der Waals surface area contributed by atoms with Gasteiger partial charge >= 0.3 is 0 Å². The third kappa shape index (κ3) is 2.99. The van der Waals surface area contributed by atoms with Crippen LogP contribution in [0.15, 0.2) is 24.3 Å². The molecule has 0 spiro atoms. The van der Waals surface area contributed by atoms with E-state index in [1.165, 1.54) is 0 Å². The molecule has 0 aromatic heterocycles. The number of carbonyl (C=O) groups excluding carboxylic acids is 1. The fourth-order valence-electron chi connectivity index (χ4n) is 1.71. The Morgan fingerprint density at radius 3 is 2.25 bits per heavy atom. The first-order valence-electron chi connectivity index (χ1n) is 5.59. The van der Waals surface area contributed by atoms with E-state index in [9.17, 15) is 4.79 Å². The molecule has 0 aliphatic carbocycles. The van der Waals surface area contributed by atoms with Crippen LogP contribution in [0.4, 0.5) is 5.69 Å². The van der Waals surface area contributed by atoms with Gasteiger partial charge in [0.05, 0.1) is 6.61 Å². The Morgan fingerprint density at radius 2 is 1.88 bits per heavy atom. The van der Waals surface area contributed by atoms with E-state index >= 15 is 0 Å². The molecule has 0 N–H and O–H groups in total. The average Bonchev–Trinajstić information content (AvgIpc) is 2.20. The summed E-state index contributed by atoms with van der Waals surface area (Å²) in [5, 5.41) is 0. The number of anilines is 1. The first-order chi connectivity index (χ1) is 7.56. The lowest BCUT2D eigenvalue weighted by Crippen LogP contribution is -2.34. The maximum absolute atomic E-state index is 11.5. The van der Waals surface area contributed by atoms with E-state index in [2.05, 4.69) is 0 Å². The molecule has 0 atom stereocenters. The largest absolute Gasteiger partial charge is 0.494 e. The number of hydrogen-bond donors (Lipinski definition) is 0. The fraction of sp³-hybridized carbons (Fsp3) is 0.462. The number of nitrogens with zero attached hydrogens (tertiary/aromatic N) is 1. The van der Waals surface area contributed by atoms with Crippen LogP contribution in [0, 0.1) is 0 Å². The van der Waals surface area contributed by atoms with Gasteiger partial charge in [-0.3, -0.25) is 4.79 Å². The molecular formula is C13H19NO2. The second-order valence-corrected chi connectivity index (χ2v) is 3.91. The van der Waals surface area contributed by atoms with Crippen molar-refractivity contribution in [2.24, 2.45) is 0 Å². The number of benzene rings is 1. The molecule has 0 unspecified atom stereocenters. The van der Waals surface area contributed by atoms with Gasteiger partial charge in [-0.15, -0.1) is 0 Å². The zero-order chi connectivity index (χ0) is 12.1. The van der Waals surface area contributed by atoms with Crippen LogP contribution in [0.2, 0.25) is 0 Å². The first kappa shape index (κ1) is 12.6. The van der Waals surface area contributed by atoms with Crippen molar-refractivity contribution in [1.29, 1.82) is 0 Å². The summed E-state index contributed by atoms with van der Waals surface area (Å²) in [7, 11) is 0. The number of ether oxygens (including phenoxy) is 1. The summed E-state index contributed by atoms with van der Waals surface area (Å²) in [6.45, 7) is 8.18. The molecule has 1 aromatic carbocycles. The van der Waals surface area contributed by atoms with Crippen molar-refractivity contribution in [3.05, 3.63) is 24.3 Å². The molecule has 0 heterocycles. The van der Waals surface area contributed by atoms with E-state index in [-0.39, 0.29) is 11.9 Å². The van der Waals surface area contributed by atoms with Crippen LogP contribution < -0.4 is 9.64 Å². The second-order valence-electron chi connectivity index (χ2n) is 3.91. The van der Waals surface area contributed by atoms with Crippen molar-refractivity contribution in [3.8, 4) is 5.75 Å². The maximum Gasteiger partial charge on any atom is 0.224 e. The molecule has 1 aromatic rings. The van der Waals surface area contributed by atoms with Crippen LogP contribution in [0.1, 0.15) is 27.7 Å². The second kappa shape index (κ2) is 5.54. The third-order valence-corrected chi connectivity index (χ3v) is 2.28.